The van der Waals surface area contributed by atoms with Gasteiger partial charge in [0, 0.05) is 49.0 Å². The van der Waals surface area contributed by atoms with Gasteiger partial charge in [0.1, 0.15) is 5.75 Å². The van der Waals surface area contributed by atoms with E-state index in [1.54, 1.807) is 65.9 Å². The van der Waals surface area contributed by atoms with Gasteiger partial charge in [-0.2, -0.15) is 0 Å². The van der Waals surface area contributed by atoms with Crippen molar-refractivity contribution in [2.24, 2.45) is 0 Å². The van der Waals surface area contributed by atoms with E-state index in [4.69, 9.17) is 4.74 Å². The molecule has 0 radical (unpaired) electrons. The monoisotopic (exact) mass is 472 g/mol. The molecule has 1 aliphatic heterocycles. The zero-order chi connectivity index (χ0) is 22.6. The summed E-state index contributed by atoms with van der Waals surface area (Å²) in [6.07, 6.45) is 2.60. The Bertz CT molecular complexity index is 1160. The fraction of sp³-hybridized carbons (Fsp3) is 0.273. The molecule has 0 saturated carbocycles. The van der Waals surface area contributed by atoms with Crippen LogP contribution >= 0.6 is 11.3 Å². The van der Waals surface area contributed by atoms with Crippen molar-refractivity contribution in [2.75, 3.05) is 42.9 Å². The number of benzene rings is 2. The summed E-state index contributed by atoms with van der Waals surface area (Å²) in [5, 5.41) is 2.90. The smallest absolute Gasteiger partial charge is 0.261 e. The molecule has 0 bridgehead atoms. The third-order valence-electron chi connectivity index (χ3n) is 5.21. The molecule has 0 spiro atoms. The van der Waals surface area contributed by atoms with Crippen molar-refractivity contribution in [1.82, 2.24) is 9.88 Å². The number of hydrogen-bond donors (Lipinski definition) is 1. The number of carbonyl (C=O) groups excluding carboxylic acids is 1. The lowest BCUT2D eigenvalue weighted by Crippen LogP contribution is -2.35. The Morgan fingerprint density at radius 2 is 1.91 bits per heavy atom. The summed E-state index contributed by atoms with van der Waals surface area (Å²) in [5.74, 6) is 0.457. The number of nitrogens with zero attached hydrogens (tertiary/aromatic N) is 3. The van der Waals surface area contributed by atoms with Crippen LogP contribution in [0.2, 0.25) is 0 Å². The van der Waals surface area contributed by atoms with Crippen molar-refractivity contribution in [2.45, 2.75) is 11.3 Å². The van der Waals surface area contributed by atoms with E-state index in [1.807, 2.05) is 5.38 Å². The summed E-state index contributed by atoms with van der Waals surface area (Å²) in [7, 11) is -2.30. The number of carbonyl (C=O) groups is 1. The maximum absolute atomic E-state index is 13.1. The number of hydrogen-bond acceptors (Lipinski definition) is 7. The molecule has 0 atom stereocenters. The first-order chi connectivity index (χ1) is 15.5. The first kappa shape index (κ1) is 22.1. The molecule has 1 aliphatic rings. The van der Waals surface area contributed by atoms with Crippen LogP contribution in [-0.4, -0.2) is 57.5 Å². The van der Waals surface area contributed by atoms with Gasteiger partial charge in [-0.25, -0.2) is 13.4 Å². The molecule has 0 unspecified atom stereocenters. The van der Waals surface area contributed by atoms with E-state index in [1.165, 1.54) is 12.1 Å². The second-order valence-corrected chi connectivity index (χ2v) is 9.86. The fourth-order valence-corrected chi connectivity index (χ4v) is 5.34. The lowest BCUT2D eigenvalue weighted by atomic mass is 10.2. The zero-order valence-corrected chi connectivity index (χ0v) is 19.2. The third-order valence-corrected chi connectivity index (χ3v) is 7.42. The predicted molar refractivity (Wildman–Crippen MR) is 125 cm³/mol. The second-order valence-electron chi connectivity index (χ2n) is 7.31. The van der Waals surface area contributed by atoms with E-state index in [0.717, 1.165) is 18.1 Å². The van der Waals surface area contributed by atoms with Gasteiger partial charge < -0.3 is 14.5 Å². The standard InChI is InChI=1S/C22H24N4O4S2/c1-30-19-8-6-18(7-9-19)24-32(28,29)20-5-2-4-17(16-20)21(27)25-11-3-12-26(14-13-25)22-23-10-15-31-22/h2,4-10,15-16,24H,3,11-14H2,1H3. The molecule has 168 valence electrons. The molecule has 1 saturated heterocycles. The van der Waals surface area contributed by atoms with Gasteiger partial charge >= 0.3 is 0 Å². The zero-order valence-electron chi connectivity index (χ0n) is 17.6. The Balaban J connectivity index is 1.47. The molecule has 0 aliphatic carbocycles. The highest BCUT2D eigenvalue weighted by Crippen LogP contribution is 2.22. The minimum Gasteiger partial charge on any atom is -0.497 e. The molecule has 10 heteroatoms. The average Bonchev–Trinajstić information content (AvgIpc) is 3.24. The molecule has 1 aromatic heterocycles. The Morgan fingerprint density at radius 1 is 1.09 bits per heavy atom. The van der Waals surface area contributed by atoms with Crippen molar-refractivity contribution in [3.8, 4) is 5.75 Å². The highest BCUT2D eigenvalue weighted by atomic mass is 32.2. The van der Waals surface area contributed by atoms with Crippen LogP contribution < -0.4 is 14.4 Å². The van der Waals surface area contributed by atoms with Gasteiger partial charge in [-0.05, 0) is 48.9 Å². The van der Waals surface area contributed by atoms with Crippen LogP contribution in [0.1, 0.15) is 16.8 Å². The maximum Gasteiger partial charge on any atom is 0.261 e. The van der Waals surface area contributed by atoms with Gasteiger partial charge in [0.05, 0.1) is 12.0 Å². The third kappa shape index (κ3) is 5.03. The van der Waals surface area contributed by atoms with Crippen LogP contribution in [0, 0.1) is 0 Å². The Labute approximate surface area is 191 Å². The summed E-state index contributed by atoms with van der Waals surface area (Å²) < 4.78 is 33.4. The van der Waals surface area contributed by atoms with Crippen molar-refractivity contribution in [3.63, 3.8) is 0 Å². The van der Waals surface area contributed by atoms with Crippen LogP contribution in [0.25, 0.3) is 0 Å². The number of methoxy groups -OCH3 is 1. The summed E-state index contributed by atoms with van der Waals surface area (Å²) >= 11 is 1.58. The Kier molecular flexibility index (Phi) is 6.61. The van der Waals surface area contributed by atoms with Crippen LogP contribution in [0.5, 0.6) is 5.75 Å². The van der Waals surface area contributed by atoms with Gasteiger partial charge in [0.2, 0.25) is 0 Å². The van der Waals surface area contributed by atoms with Gasteiger partial charge in [-0.15, -0.1) is 11.3 Å². The van der Waals surface area contributed by atoms with Gasteiger partial charge in [-0.1, -0.05) is 6.07 Å². The Morgan fingerprint density at radius 3 is 2.62 bits per heavy atom. The molecule has 3 aromatic rings. The second kappa shape index (κ2) is 9.58. The highest BCUT2D eigenvalue weighted by Gasteiger charge is 2.23. The molecule has 1 amide bonds. The summed E-state index contributed by atoms with van der Waals surface area (Å²) in [4.78, 5) is 21.5. The van der Waals surface area contributed by atoms with Crippen molar-refractivity contribution < 1.29 is 17.9 Å². The van der Waals surface area contributed by atoms with Crippen LogP contribution in [0.4, 0.5) is 10.8 Å². The number of aromatic nitrogens is 1. The number of rotatable bonds is 6. The molecule has 8 nitrogen and oxygen atoms in total. The van der Waals surface area contributed by atoms with E-state index in [0.29, 0.717) is 36.6 Å². The number of ether oxygens (including phenoxy) is 1. The largest absolute Gasteiger partial charge is 0.497 e. The fourth-order valence-electron chi connectivity index (χ4n) is 3.54. The van der Waals surface area contributed by atoms with Crippen LogP contribution in [-0.2, 0) is 10.0 Å². The number of thiazole rings is 1. The first-order valence-electron chi connectivity index (χ1n) is 10.2. The molecule has 4 rings (SSSR count). The average molecular weight is 473 g/mol. The van der Waals surface area contributed by atoms with Crippen LogP contribution in [0.3, 0.4) is 0 Å². The summed E-state index contributed by atoms with van der Waals surface area (Å²) in [5.41, 5.74) is 0.766. The Hall–Kier alpha value is -3.11. The van der Waals surface area contributed by atoms with Crippen LogP contribution in [0.15, 0.2) is 65.0 Å². The number of sulfonamides is 1. The molecule has 32 heavy (non-hydrogen) atoms. The van der Waals surface area contributed by atoms with Gasteiger partial charge in [0.15, 0.2) is 5.13 Å². The first-order valence-corrected chi connectivity index (χ1v) is 12.5. The number of amides is 1. The molecule has 2 heterocycles. The van der Waals surface area contributed by atoms with Gasteiger partial charge in [-0.3, -0.25) is 9.52 Å². The number of nitrogens with one attached hydrogen (secondary N) is 1. The topological polar surface area (TPSA) is 91.8 Å². The van der Waals surface area contributed by atoms with E-state index >= 15 is 0 Å². The minimum atomic E-state index is -3.84. The summed E-state index contributed by atoms with van der Waals surface area (Å²) in [6.45, 7) is 2.69. The molecule has 1 N–H and O–H groups in total. The van der Waals surface area contributed by atoms with E-state index < -0.39 is 10.0 Å². The van der Waals surface area contributed by atoms with E-state index in [-0.39, 0.29) is 10.8 Å². The molecular weight excluding hydrogens is 448 g/mol. The SMILES string of the molecule is COc1ccc(NS(=O)(=O)c2cccc(C(=O)N3CCCN(c4nccs4)CC3)c2)cc1. The van der Waals surface area contributed by atoms with Crippen molar-refractivity contribution in [1.29, 1.82) is 0 Å². The molecule has 2 aromatic carbocycles. The quantitative estimate of drug-likeness (QED) is 0.592. The lowest BCUT2D eigenvalue weighted by Gasteiger charge is -2.22. The van der Waals surface area contributed by atoms with E-state index in [9.17, 15) is 13.2 Å². The predicted octanol–water partition coefficient (Wildman–Crippen LogP) is 3.31. The molecule has 1 fully saturated rings. The highest BCUT2D eigenvalue weighted by molar-refractivity contribution is 7.92. The maximum atomic E-state index is 13.1. The summed E-state index contributed by atoms with van der Waals surface area (Å²) in [6, 6.07) is 12.7. The normalized spacial score (nSPS) is 14.7. The van der Waals surface area contributed by atoms with Gasteiger partial charge in [0.25, 0.3) is 15.9 Å². The van der Waals surface area contributed by atoms with E-state index in [2.05, 4.69) is 14.6 Å². The van der Waals surface area contributed by atoms with Crippen molar-refractivity contribution in [3.05, 3.63) is 65.7 Å². The molecular formula is C22H24N4O4S2. The minimum absolute atomic E-state index is 0.0402. The lowest BCUT2D eigenvalue weighted by molar-refractivity contribution is 0.0767. The van der Waals surface area contributed by atoms with Crippen molar-refractivity contribution >= 4 is 38.1 Å². The number of anilines is 2.